The first-order chi connectivity index (χ1) is 8.99. The maximum atomic E-state index is 12.6. The van der Waals surface area contributed by atoms with Crippen molar-refractivity contribution in [2.75, 3.05) is 0 Å². The quantitative estimate of drug-likeness (QED) is 0.890. The number of benzene rings is 1. The molecular weight excluding hydrogens is 267 g/mol. The monoisotopic (exact) mass is 287 g/mol. The lowest BCUT2D eigenvalue weighted by molar-refractivity contribution is -0.142. The zero-order chi connectivity index (χ0) is 15.6. The van der Waals surface area contributed by atoms with E-state index in [4.69, 9.17) is 0 Å². The molecule has 0 bridgehead atoms. The number of carbonyl (C=O) groups excluding carboxylic acids is 1. The number of hydrogen-bond donors (Lipinski definition) is 1. The first-order valence-corrected chi connectivity index (χ1v) is 6.43. The molecule has 0 aliphatic carbocycles. The molecule has 0 radical (unpaired) electrons. The Kier molecular flexibility index (Phi) is 4.84. The summed E-state index contributed by atoms with van der Waals surface area (Å²) in [5.74, 6) is -0.473. The molecule has 1 rings (SSSR count). The highest BCUT2D eigenvalue weighted by Crippen LogP contribution is 2.31. The van der Waals surface area contributed by atoms with Crippen LogP contribution in [0.4, 0.5) is 13.2 Å². The molecule has 0 spiro atoms. The molecule has 5 heteroatoms. The molecule has 20 heavy (non-hydrogen) atoms. The van der Waals surface area contributed by atoms with E-state index in [0.29, 0.717) is 5.56 Å². The van der Waals surface area contributed by atoms with Crippen LogP contribution in [0, 0.1) is 0 Å². The van der Waals surface area contributed by atoms with Crippen molar-refractivity contribution in [3.05, 3.63) is 35.4 Å². The van der Waals surface area contributed by atoms with Crippen LogP contribution in [0.3, 0.4) is 0 Å². The molecule has 0 saturated carbocycles. The van der Waals surface area contributed by atoms with Crippen LogP contribution < -0.4 is 5.32 Å². The lowest BCUT2D eigenvalue weighted by Crippen LogP contribution is -2.30. The molecule has 112 valence electrons. The van der Waals surface area contributed by atoms with E-state index in [2.05, 4.69) is 5.32 Å². The summed E-state index contributed by atoms with van der Waals surface area (Å²) in [7, 11) is 0. The first-order valence-electron chi connectivity index (χ1n) is 6.43. The average molecular weight is 287 g/mol. The van der Waals surface area contributed by atoms with Gasteiger partial charge in [0.1, 0.15) is 0 Å². The minimum Gasteiger partial charge on any atom is -0.349 e. The van der Waals surface area contributed by atoms with Gasteiger partial charge in [-0.05, 0) is 16.5 Å². The number of alkyl halides is 3. The Hall–Kier alpha value is -1.52. The predicted molar refractivity (Wildman–Crippen MR) is 72.4 cm³/mol. The van der Waals surface area contributed by atoms with Crippen molar-refractivity contribution >= 4 is 5.91 Å². The van der Waals surface area contributed by atoms with Gasteiger partial charge in [0.2, 0.25) is 5.91 Å². The summed E-state index contributed by atoms with van der Waals surface area (Å²) in [6.45, 7) is 7.31. The molecule has 0 saturated heterocycles. The largest absolute Gasteiger partial charge is 0.391 e. The summed E-state index contributed by atoms with van der Waals surface area (Å²) >= 11 is 0. The van der Waals surface area contributed by atoms with Crippen molar-refractivity contribution in [1.29, 1.82) is 0 Å². The van der Waals surface area contributed by atoms with Gasteiger partial charge in [0.25, 0.3) is 0 Å². The summed E-state index contributed by atoms with van der Waals surface area (Å²) in [5, 5.41) is 2.35. The van der Waals surface area contributed by atoms with Gasteiger partial charge in [0, 0.05) is 6.92 Å². The Labute approximate surface area is 117 Å². The van der Waals surface area contributed by atoms with E-state index in [1.807, 2.05) is 20.8 Å². The molecule has 1 aromatic rings. The Morgan fingerprint density at radius 2 is 1.65 bits per heavy atom. The van der Waals surface area contributed by atoms with Crippen LogP contribution in [0.5, 0.6) is 0 Å². The fourth-order valence-electron chi connectivity index (χ4n) is 1.94. The number of carbonyl (C=O) groups is 1. The molecule has 1 unspecified atom stereocenters. The number of rotatable bonds is 3. The van der Waals surface area contributed by atoms with Crippen molar-refractivity contribution in [3.8, 4) is 0 Å². The Morgan fingerprint density at radius 1 is 1.15 bits per heavy atom. The average Bonchev–Trinajstić information content (AvgIpc) is 2.24. The summed E-state index contributed by atoms with van der Waals surface area (Å²) in [6, 6.07) is 5.86. The van der Waals surface area contributed by atoms with Gasteiger partial charge in [0.05, 0.1) is 12.5 Å². The minimum atomic E-state index is -4.32. The highest BCUT2D eigenvalue weighted by molar-refractivity contribution is 5.73. The first kappa shape index (κ1) is 16.5. The third kappa shape index (κ3) is 5.23. The van der Waals surface area contributed by atoms with Crippen LogP contribution in [-0.4, -0.2) is 12.1 Å². The van der Waals surface area contributed by atoms with E-state index in [1.165, 1.54) is 6.92 Å². The molecule has 1 atom stereocenters. The number of nitrogens with one attached hydrogen (secondary N) is 1. The molecule has 0 fully saturated rings. The predicted octanol–water partition coefficient (Wildman–Crippen LogP) is 4.11. The van der Waals surface area contributed by atoms with E-state index in [0.717, 1.165) is 5.56 Å². The zero-order valence-electron chi connectivity index (χ0n) is 12.1. The molecule has 2 nitrogen and oxygen atoms in total. The summed E-state index contributed by atoms with van der Waals surface area (Å²) < 4.78 is 37.7. The molecular formula is C15H20F3NO. The summed E-state index contributed by atoms with van der Waals surface area (Å²) in [4.78, 5) is 11.1. The maximum absolute atomic E-state index is 12.6. The molecule has 1 N–H and O–H groups in total. The normalized spacial score (nSPS) is 13.9. The van der Waals surface area contributed by atoms with Crippen LogP contribution in [0.1, 0.15) is 51.3 Å². The second kappa shape index (κ2) is 5.85. The second-order valence-electron chi connectivity index (χ2n) is 5.94. The van der Waals surface area contributed by atoms with Gasteiger partial charge in [-0.2, -0.15) is 13.2 Å². The molecule has 0 heterocycles. The van der Waals surface area contributed by atoms with Gasteiger partial charge in [-0.25, -0.2) is 0 Å². The number of amides is 1. The molecule has 0 aliphatic heterocycles. The fraction of sp³-hybridized carbons (Fsp3) is 0.533. The van der Waals surface area contributed by atoms with Gasteiger partial charge in [-0.15, -0.1) is 0 Å². The lowest BCUT2D eigenvalue weighted by atomic mass is 9.86. The Balaban J connectivity index is 2.99. The highest BCUT2D eigenvalue weighted by atomic mass is 19.4. The van der Waals surface area contributed by atoms with Crippen LogP contribution in [-0.2, 0) is 10.2 Å². The fourth-order valence-corrected chi connectivity index (χ4v) is 1.94. The maximum Gasteiger partial charge on any atom is 0.391 e. The van der Waals surface area contributed by atoms with E-state index < -0.39 is 24.5 Å². The van der Waals surface area contributed by atoms with Crippen molar-refractivity contribution in [2.45, 2.75) is 51.7 Å². The van der Waals surface area contributed by atoms with Gasteiger partial charge in [-0.3, -0.25) is 4.79 Å². The van der Waals surface area contributed by atoms with Crippen molar-refractivity contribution < 1.29 is 18.0 Å². The van der Waals surface area contributed by atoms with Gasteiger partial charge < -0.3 is 5.32 Å². The van der Waals surface area contributed by atoms with E-state index in [-0.39, 0.29) is 5.41 Å². The van der Waals surface area contributed by atoms with Gasteiger partial charge >= 0.3 is 6.18 Å². The molecule has 0 aromatic heterocycles. The smallest absolute Gasteiger partial charge is 0.349 e. The Bertz CT molecular complexity index is 457. The van der Waals surface area contributed by atoms with Crippen molar-refractivity contribution in [1.82, 2.24) is 5.32 Å². The van der Waals surface area contributed by atoms with Gasteiger partial charge in [0.15, 0.2) is 0 Å². The third-order valence-corrected chi connectivity index (χ3v) is 2.99. The minimum absolute atomic E-state index is 0.0634. The second-order valence-corrected chi connectivity index (χ2v) is 5.94. The molecule has 1 amide bonds. The third-order valence-electron chi connectivity index (χ3n) is 2.99. The lowest BCUT2D eigenvalue weighted by Gasteiger charge is -2.23. The van der Waals surface area contributed by atoms with Crippen LogP contribution >= 0.6 is 0 Å². The number of halogens is 3. The van der Waals surface area contributed by atoms with Crippen molar-refractivity contribution in [3.63, 3.8) is 0 Å². The van der Waals surface area contributed by atoms with Gasteiger partial charge in [-0.1, -0.05) is 45.0 Å². The summed E-state index contributed by atoms with van der Waals surface area (Å²) in [6.07, 6.45) is -5.39. The van der Waals surface area contributed by atoms with E-state index in [9.17, 15) is 18.0 Å². The highest BCUT2D eigenvalue weighted by Gasteiger charge is 2.33. The van der Waals surface area contributed by atoms with Crippen molar-refractivity contribution in [2.24, 2.45) is 0 Å². The van der Waals surface area contributed by atoms with Crippen LogP contribution in [0.15, 0.2) is 24.3 Å². The summed E-state index contributed by atoms with van der Waals surface area (Å²) in [5.41, 5.74) is 1.44. The standard InChI is InChI=1S/C15H20F3NO/c1-10(20)19-13(9-15(16,17)18)11-5-7-12(8-6-11)14(2,3)4/h5-8,13H,9H2,1-4H3,(H,19,20). The zero-order valence-corrected chi connectivity index (χ0v) is 12.1. The number of hydrogen-bond acceptors (Lipinski definition) is 1. The van der Waals surface area contributed by atoms with E-state index >= 15 is 0 Å². The van der Waals surface area contributed by atoms with Crippen LogP contribution in [0.2, 0.25) is 0 Å². The van der Waals surface area contributed by atoms with Crippen LogP contribution in [0.25, 0.3) is 0 Å². The topological polar surface area (TPSA) is 29.1 Å². The SMILES string of the molecule is CC(=O)NC(CC(F)(F)F)c1ccc(C(C)(C)C)cc1. The molecule has 1 aromatic carbocycles. The molecule has 0 aliphatic rings. The van der Waals surface area contributed by atoms with E-state index in [1.54, 1.807) is 24.3 Å². The Morgan fingerprint density at radius 3 is 2.00 bits per heavy atom.